The Hall–Kier alpha value is -3.59. The van der Waals surface area contributed by atoms with Crippen molar-refractivity contribution in [2.45, 2.75) is 20.4 Å². The number of aromatic nitrogens is 1. The van der Waals surface area contributed by atoms with Crippen molar-refractivity contribution in [1.29, 1.82) is 5.26 Å². The molecule has 2 amide bonds. The summed E-state index contributed by atoms with van der Waals surface area (Å²) in [5.74, 6) is 2.01. The number of urea groups is 1. The number of nitriles is 1. The molecule has 26 heavy (non-hydrogen) atoms. The monoisotopic (exact) mass is 346 g/mol. The lowest BCUT2D eigenvalue weighted by Crippen LogP contribution is -2.35. The molecule has 0 saturated heterocycles. The van der Waals surface area contributed by atoms with Gasteiger partial charge in [0.2, 0.25) is 0 Å². The molecule has 1 aromatic carbocycles. The molecule has 6 nitrogen and oxygen atoms in total. The van der Waals surface area contributed by atoms with Gasteiger partial charge in [0.1, 0.15) is 17.3 Å². The van der Waals surface area contributed by atoms with Crippen molar-refractivity contribution in [2.24, 2.45) is 0 Å². The largest absolute Gasteiger partial charge is 0.464 e. The van der Waals surface area contributed by atoms with Crippen molar-refractivity contribution in [1.82, 2.24) is 4.98 Å². The van der Waals surface area contributed by atoms with Crippen molar-refractivity contribution >= 4 is 17.5 Å². The highest BCUT2D eigenvalue weighted by Gasteiger charge is 2.21. The average molecular weight is 346 g/mol. The average Bonchev–Trinajstić information content (AvgIpc) is 3.06. The molecule has 0 spiro atoms. The summed E-state index contributed by atoms with van der Waals surface area (Å²) in [6.45, 7) is 4.02. The van der Waals surface area contributed by atoms with Gasteiger partial charge in [0.25, 0.3) is 0 Å². The molecule has 3 aromatic rings. The maximum absolute atomic E-state index is 12.9. The first-order valence-corrected chi connectivity index (χ1v) is 8.12. The number of carbonyl (C=O) groups is 1. The second kappa shape index (κ2) is 7.53. The molecule has 1 N–H and O–H groups in total. The van der Waals surface area contributed by atoms with Gasteiger partial charge in [-0.3, -0.25) is 4.90 Å². The van der Waals surface area contributed by atoms with Crippen molar-refractivity contribution < 1.29 is 9.21 Å². The minimum Gasteiger partial charge on any atom is -0.464 e. The number of anilines is 2. The number of aryl methyl sites for hydroxylation is 2. The number of hydrogen-bond donors (Lipinski definition) is 1. The summed E-state index contributed by atoms with van der Waals surface area (Å²) < 4.78 is 5.62. The maximum atomic E-state index is 12.9. The van der Waals surface area contributed by atoms with Crippen LogP contribution in [0.15, 0.2) is 59.1 Å². The number of amides is 2. The maximum Gasteiger partial charge on any atom is 0.327 e. The molecule has 3 rings (SSSR count). The van der Waals surface area contributed by atoms with Gasteiger partial charge in [-0.2, -0.15) is 5.26 Å². The van der Waals surface area contributed by atoms with E-state index in [1.54, 1.807) is 30.5 Å². The third-order valence-electron chi connectivity index (χ3n) is 3.86. The van der Waals surface area contributed by atoms with E-state index in [1.807, 2.05) is 38.1 Å². The standard InChI is InChI=1S/C20H18N4O2/c1-14-4-3-11-22-19(14)24(13-18-10-5-15(2)26-18)20(25)23-17-8-6-16(12-21)7-9-17/h3-11H,13H2,1-2H3,(H,23,25). The SMILES string of the molecule is Cc1ccc(CN(C(=O)Nc2ccc(C#N)cc2)c2ncccc2C)o1. The molecular formula is C20H18N4O2. The molecule has 0 aliphatic heterocycles. The number of rotatable bonds is 4. The minimum atomic E-state index is -0.328. The summed E-state index contributed by atoms with van der Waals surface area (Å²) in [6.07, 6.45) is 1.65. The van der Waals surface area contributed by atoms with Crippen LogP contribution < -0.4 is 10.2 Å². The molecule has 130 valence electrons. The summed E-state index contributed by atoms with van der Waals surface area (Å²) in [7, 11) is 0. The summed E-state index contributed by atoms with van der Waals surface area (Å²) >= 11 is 0. The van der Waals surface area contributed by atoms with Crippen LogP contribution in [0, 0.1) is 25.2 Å². The van der Waals surface area contributed by atoms with Gasteiger partial charge in [-0.15, -0.1) is 0 Å². The van der Waals surface area contributed by atoms with Crippen LogP contribution in [0.4, 0.5) is 16.3 Å². The predicted molar refractivity (Wildman–Crippen MR) is 98.8 cm³/mol. The quantitative estimate of drug-likeness (QED) is 0.759. The molecule has 2 heterocycles. The lowest BCUT2D eigenvalue weighted by atomic mass is 10.2. The zero-order valence-electron chi connectivity index (χ0n) is 14.6. The number of nitrogens with one attached hydrogen (secondary N) is 1. The third-order valence-corrected chi connectivity index (χ3v) is 3.86. The molecular weight excluding hydrogens is 328 g/mol. The van der Waals surface area contributed by atoms with E-state index in [4.69, 9.17) is 9.68 Å². The van der Waals surface area contributed by atoms with Gasteiger partial charge in [0.05, 0.1) is 18.2 Å². The Balaban J connectivity index is 1.87. The summed E-state index contributed by atoms with van der Waals surface area (Å²) in [4.78, 5) is 18.8. The van der Waals surface area contributed by atoms with Gasteiger partial charge in [0, 0.05) is 11.9 Å². The normalized spacial score (nSPS) is 10.2. The second-order valence-electron chi connectivity index (χ2n) is 5.86. The first kappa shape index (κ1) is 17.2. The molecule has 0 atom stereocenters. The lowest BCUT2D eigenvalue weighted by Gasteiger charge is -2.22. The first-order valence-electron chi connectivity index (χ1n) is 8.12. The van der Waals surface area contributed by atoms with Gasteiger partial charge >= 0.3 is 6.03 Å². The van der Waals surface area contributed by atoms with Gasteiger partial charge in [-0.25, -0.2) is 9.78 Å². The van der Waals surface area contributed by atoms with Crippen LogP contribution >= 0.6 is 0 Å². The Morgan fingerprint density at radius 2 is 1.96 bits per heavy atom. The van der Waals surface area contributed by atoms with E-state index in [9.17, 15) is 4.79 Å². The Morgan fingerprint density at radius 3 is 2.58 bits per heavy atom. The van der Waals surface area contributed by atoms with Crippen LogP contribution in [0.5, 0.6) is 0 Å². The van der Waals surface area contributed by atoms with Crippen LogP contribution in [0.3, 0.4) is 0 Å². The van der Waals surface area contributed by atoms with Gasteiger partial charge in [-0.1, -0.05) is 6.07 Å². The Labute approximate surface area is 151 Å². The van der Waals surface area contributed by atoms with Crippen molar-refractivity contribution in [3.05, 3.63) is 77.4 Å². The zero-order chi connectivity index (χ0) is 18.5. The smallest absolute Gasteiger partial charge is 0.327 e. The highest BCUT2D eigenvalue weighted by molar-refractivity contribution is 6.01. The molecule has 6 heteroatoms. The lowest BCUT2D eigenvalue weighted by molar-refractivity contribution is 0.256. The summed E-state index contributed by atoms with van der Waals surface area (Å²) in [5, 5.41) is 11.7. The minimum absolute atomic E-state index is 0.258. The first-order chi connectivity index (χ1) is 12.6. The number of benzene rings is 1. The summed E-state index contributed by atoms with van der Waals surface area (Å²) in [5.41, 5.74) is 2.01. The number of carbonyl (C=O) groups excluding carboxylic acids is 1. The number of hydrogen-bond acceptors (Lipinski definition) is 4. The molecule has 0 fully saturated rings. The summed E-state index contributed by atoms with van der Waals surface area (Å²) in [6, 6.07) is 15.8. The molecule has 2 aromatic heterocycles. The number of furan rings is 1. The topological polar surface area (TPSA) is 82.2 Å². The van der Waals surface area contributed by atoms with Crippen molar-refractivity contribution in [2.75, 3.05) is 10.2 Å². The van der Waals surface area contributed by atoms with Gasteiger partial charge in [-0.05, 0) is 61.9 Å². The van der Waals surface area contributed by atoms with Crippen LogP contribution in [0.25, 0.3) is 0 Å². The van der Waals surface area contributed by atoms with Gasteiger partial charge in [0.15, 0.2) is 0 Å². The second-order valence-corrected chi connectivity index (χ2v) is 5.86. The molecule has 0 aliphatic carbocycles. The van der Waals surface area contributed by atoms with E-state index in [-0.39, 0.29) is 12.6 Å². The highest BCUT2D eigenvalue weighted by atomic mass is 16.3. The Kier molecular flexibility index (Phi) is 4.99. The molecule has 0 aliphatic rings. The fourth-order valence-corrected chi connectivity index (χ4v) is 2.55. The molecule has 0 radical (unpaired) electrons. The van der Waals surface area contributed by atoms with Crippen LogP contribution in [0.2, 0.25) is 0 Å². The van der Waals surface area contributed by atoms with E-state index >= 15 is 0 Å². The fraction of sp³-hybridized carbons (Fsp3) is 0.150. The van der Waals surface area contributed by atoms with E-state index in [2.05, 4.69) is 16.4 Å². The molecule has 0 saturated carbocycles. The fourth-order valence-electron chi connectivity index (χ4n) is 2.55. The Morgan fingerprint density at radius 1 is 1.19 bits per heavy atom. The van der Waals surface area contributed by atoms with E-state index in [0.717, 1.165) is 11.3 Å². The van der Waals surface area contributed by atoms with Crippen molar-refractivity contribution in [3.63, 3.8) is 0 Å². The van der Waals surface area contributed by atoms with Crippen LogP contribution in [0.1, 0.15) is 22.6 Å². The third kappa shape index (κ3) is 3.90. The van der Waals surface area contributed by atoms with Crippen LogP contribution in [-0.4, -0.2) is 11.0 Å². The van der Waals surface area contributed by atoms with E-state index in [0.29, 0.717) is 22.8 Å². The predicted octanol–water partition coefficient (Wildman–Crippen LogP) is 4.40. The van der Waals surface area contributed by atoms with Gasteiger partial charge < -0.3 is 9.73 Å². The number of nitrogens with zero attached hydrogens (tertiary/aromatic N) is 3. The Bertz CT molecular complexity index is 954. The van der Waals surface area contributed by atoms with E-state index in [1.165, 1.54) is 4.90 Å². The zero-order valence-corrected chi connectivity index (χ0v) is 14.6. The van der Waals surface area contributed by atoms with Crippen LogP contribution in [-0.2, 0) is 6.54 Å². The highest BCUT2D eigenvalue weighted by Crippen LogP contribution is 2.21. The van der Waals surface area contributed by atoms with E-state index < -0.39 is 0 Å². The molecule has 0 unspecified atom stereocenters. The number of pyridine rings is 1. The molecule has 0 bridgehead atoms. The van der Waals surface area contributed by atoms with Crippen molar-refractivity contribution in [3.8, 4) is 6.07 Å².